The Bertz CT molecular complexity index is 764. The van der Waals surface area contributed by atoms with Crippen LogP contribution in [-0.2, 0) is 6.54 Å². The van der Waals surface area contributed by atoms with Crippen LogP contribution in [0.15, 0.2) is 48.7 Å². The molecule has 0 bridgehead atoms. The Hall–Kier alpha value is -1.84. The van der Waals surface area contributed by atoms with E-state index in [1.54, 1.807) is 6.20 Å². The van der Waals surface area contributed by atoms with E-state index in [1.807, 2.05) is 16.8 Å². The third-order valence-corrected chi connectivity index (χ3v) is 3.99. The second-order valence-corrected chi connectivity index (χ2v) is 5.59. The largest absolute Gasteiger partial charge is 0.319 e. The minimum atomic E-state index is -0.267. The van der Waals surface area contributed by atoms with Crippen molar-refractivity contribution in [3.8, 4) is 0 Å². The van der Waals surface area contributed by atoms with E-state index in [2.05, 4.69) is 42.4 Å². The van der Waals surface area contributed by atoms with Crippen LogP contribution in [0.2, 0.25) is 5.02 Å². The summed E-state index contributed by atoms with van der Waals surface area (Å²) in [5.74, 6) is 0. The maximum atomic E-state index is 6.44. The SMILES string of the molecule is CCCn1ncc(Cl)c1C(N)c1ccc2ccccc2c1. The molecule has 0 aliphatic carbocycles. The van der Waals surface area contributed by atoms with E-state index in [-0.39, 0.29) is 6.04 Å². The smallest absolute Gasteiger partial charge is 0.0837 e. The van der Waals surface area contributed by atoms with E-state index in [9.17, 15) is 0 Å². The fourth-order valence-corrected chi connectivity index (χ4v) is 2.89. The van der Waals surface area contributed by atoms with Gasteiger partial charge in [-0.25, -0.2) is 0 Å². The predicted octanol–water partition coefficient (Wildman–Crippen LogP) is 4.15. The molecule has 2 aromatic carbocycles. The monoisotopic (exact) mass is 299 g/mol. The quantitative estimate of drug-likeness (QED) is 0.786. The van der Waals surface area contributed by atoms with Gasteiger partial charge in [-0.2, -0.15) is 5.10 Å². The number of hydrogen-bond acceptors (Lipinski definition) is 2. The van der Waals surface area contributed by atoms with E-state index in [0.29, 0.717) is 5.02 Å². The molecule has 0 aliphatic rings. The number of fused-ring (bicyclic) bond motifs is 1. The van der Waals surface area contributed by atoms with E-state index in [0.717, 1.165) is 24.2 Å². The highest BCUT2D eigenvalue weighted by molar-refractivity contribution is 6.31. The van der Waals surface area contributed by atoms with Crippen LogP contribution in [0, 0.1) is 0 Å². The lowest BCUT2D eigenvalue weighted by atomic mass is 10.0. The Morgan fingerprint density at radius 1 is 1.19 bits per heavy atom. The van der Waals surface area contributed by atoms with Gasteiger partial charge < -0.3 is 5.73 Å². The molecule has 0 spiro atoms. The molecule has 0 aliphatic heterocycles. The first kappa shape index (κ1) is 14.1. The van der Waals surface area contributed by atoms with Crippen LogP contribution in [0.4, 0.5) is 0 Å². The fraction of sp³-hybridized carbons (Fsp3) is 0.235. The minimum absolute atomic E-state index is 0.267. The first-order chi connectivity index (χ1) is 10.2. The molecule has 108 valence electrons. The van der Waals surface area contributed by atoms with Gasteiger partial charge in [0.2, 0.25) is 0 Å². The Kier molecular flexibility index (Phi) is 3.95. The molecule has 1 unspecified atom stereocenters. The van der Waals surface area contributed by atoms with Crippen molar-refractivity contribution in [3.05, 3.63) is 64.9 Å². The van der Waals surface area contributed by atoms with Gasteiger partial charge in [0.1, 0.15) is 0 Å². The van der Waals surface area contributed by atoms with Gasteiger partial charge in [-0.15, -0.1) is 0 Å². The number of benzene rings is 2. The summed E-state index contributed by atoms with van der Waals surface area (Å²) in [6.07, 6.45) is 2.67. The highest BCUT2D eigenvalue weighted by Crippen LogP contribution is 2.28. The molecule has 3 nitrogen and oxygen atoms in total. The summed E-state index contributed by atoms with van der Waals surface area (Å²) in [6, 6.07) is 14.3. The molecular weight excluding hydrogens is 282 g/mol. The molecule has 2 N–H and O–H groups in total. The molecule has 3 aromatic rings. The Balaban J connectivity index is 2.03. The molecule has 1 heterocycles. The average Bonchev–Trinajstić information content (AvgIpc) is 2.87. The maximum absolute atomic E-state index is 6.44. The maximum Gasteiger partial charge on any atom is 0.0837 e. The molecule has 1 atom stereocenters. The number of nitrogens with zero attached hydrogens (tertiary/aromatic N) is 2. The van der Waals surface area contributed by atoms with Gasteiger partial charge in [-0.3, -0.25) is 4.68 Å². The van der Waals surface area contributed by atoms with E-state index in [1.165, 1.54) is 10.8 Å². The lowest BCUT2D eigenvalue weighted by Crippen LogP contribution is -2.18. The lowest BCUT2D eigenvalue weighted by molar-refractivity contribution is 0.560. The van der Waals surface area contributed by atoms with Crippen molar-refractivity contribution < 1.29 is 0 Å². The topological polar surface area (TPSA) is 43.8 Å². The van der Waals surface area contributed by atoms with Crippen LogP contribution < -0.4 is 5.73 Å². The number of aromatic nitrogens is 2. The zero-order valence-electron chi connectivity index (χ0n) is 12.0. The summed E-state index contributed by atoms with van der Waals surface area (Å²) < 4.78 is 1.90. The van der Waals surface area contributed by atoms with Gasteiger partial charge in [-0.05, 0) is 28.8 Å². The molecule has 4 heteroatoms. The van der Waals surface area contributed by atoms with Gasteiger partial charge in [0.05, 0.1) is 23.0 Å². The van der Waals surface area contributed by atoms with E-state index >= 15 is 0 Å². The summed E-state index contributed by atoms with van der Waals surface area (Å²) in [7, 11) is 0. The first-order valence-electron chi connectivity index (χ1n) is 7.16. The summed E-state index contributed by atoms with van der Waals surface area (Å²) in [5, 5.41) is 7.34. The molecule has 21 heavy (non-hydrogen) atoms. The third-order valence-electron chi connectivity index (χ3n) is 3.70. The number of halogens is 1. The fourth-order valence-electron chi connectivity index (χ4n) is 2.63. The van der Waals surface area contributed by atoms with Crippen molar-refractivity contribution in [2.75, 3.05) is 0 Å². The first-order valence-corrected chi connectivity index (χ1v) is 7.54. The van der Waals surface area contributed by atoms with Crippen molar-refractivity contribution in [1.29, 1.82) is 0 Å². The number of nitrogens with two attached hydrogens (primary N) is 1. The van der Waals surface area contributed by atoms with Gasteiger partial charge >= 0.3 is 0 Å². The van der Waals surface area contributed by atoms with Gasteiger partial charge in [0.25, 0.3) is 0 Å². The van der Waals surface area contributed by atoms with Crippen LogP contribution >= 0.6 is 11.6 Å². The van der Waals surface area contributed by atoms with Crippen LogP contribution in [0.5, 0.6) is 0 Å². The van der Waals surface area contributed by atoms with E-state index in [4.69, 9.17) is 17.3 Å². The van der Waals surface area contributed by atoms with Crippen LogP contribution in [0.1, 0.15) is 30.6 Å². The zero-order chi connectivity index (χ0) is 14.8. The number of rotatable bonds is 4. The van der Waals surface area contributed by atoms with Crippen molar-refractivity contribution in [2.24, 2.45) is 5.73 Å². The van der Waals surface area contributed by atoms with Gasteiger partial charge in [-0.1, -0.05) is 54.9 Å². The molecule has 0 saturated heterocycles. The van der Waals surface area contributed by atoms with Crippen LogP contribution in [0.25, 0.3) is 10.8 Å². The zero-order valence-corrected chi connectivity index (χ0v) is 12.7. The van der Waals surface area contributed by atoms with Crippen molar-refractivity contribution in [2.45, 2.75) is 25.9 Å². The third kappa shape index (κ3) is 2.67. The highest BCUT2D eigenvalue weighted by Gasteiger charge is 2.18. The summed E-state index contributed by atoms with van der Waals surface area (Å²) in [6.45, 7) is 2.93. The Morgan fingerprint density at radius 2 is 1.95 bits per heavy atom. The second kappa shape index (κ2) is 5.88. The highest BCUT2D eigenvalue weighted by atomic mass is 35.5. The summed E-state index contributed by atoms with van der Waals surface area (Å²) in [4.78, 5) is 0. The van der Waals surface area contributed by atoms with Crippen molar-refractivity contribution in [3.63, 3.8) is 0 Å². The summed E-state index contributed by atoms with van der Waals surface area (Å²) >= 11 is 6.28. The van der Waals surface area contributed by atoms with Crippen molar-refractivity contribution >= 4 is 22.4 Å². The number of hydrogen-bond donors (Lipinski definition) is 1. The normalized spacial score (nSPS) is 12.7. The molecule has 0 fully saturated rings. The molecular formula is C17H18ClN3. The lowest BCUT2D eigenvalue weighted by Gasteiger charge is -2.16. The van der Waals surface area contributed by atoms with E-state index < -0.39 is 0 Å². The molecule has 0 amide bonds. The Labute approximate surface area is 129 Å². The average molecular weight is 300 g/mol. The minimum Gasteiger partial charge on any atom is -0.319 e. The molecule has 1 aromatic heterocycles. The van der Waals surface area contributed by atoms with Crippen LogP contribution in [0.3, 0.4) is 0 Å². The number of aryl methyl sites for hydroxylation is 1. The summed E-state index contributed by atoms with van der Waals surface area (Å²) in [5.41, 5.74) is 8.37. The second-order valence-electron chi connectivity index (χ2n) is 5.19. The van der Waals surface area contributed by atoms with Crippen LogP contribution in [-0.4, -0.2) is 9.78 Å². The molecule has 3 rings (SSSR count). The van der Waals surface area contributed by atoms with Gasteiger partial charge in [0, 0.05) is 6.54 Å². The molecule has 0 radical (unpaired) electrons. The standard InChI is InChI=1S/C17H18ClN3/c1-2-9-21-17(15(18)11-20-21)16(19)14-8-7-12-5-3-4-6-13(12)10-14/h3-8,10-11,16H,2,9,19H2,1H3. The van der Waals surface area contributed by atoms with Crippen molar-refractivity contribution in [1.82, 2.24) is 9.78 Å². The van der Waals surface area contributed by atoms with Gasteiger partial charge in [0.15, 0.2) is 0 Å². The Morgan fingerprint density at radius 3 is 2.71 bits per heavy atom. The molecule has 0 saturated carbocycles. The predicted molar refractivity (Wildman–Crippen MR) is 87.5 cm³/mol.